The molecule has 0 aromatic carbocycles. The number of amides is 1. The number of rotatable bonds is 1. The van der Waals surface area contributed by atoms with Gasteiger partial charge in [0, 0.05) is 12.3 Å². The lowest BCUT2D eigenvalue weighted by Gasteiger charge is -2.18. The highest BCUT2D eigenvalue weighted by atomic mass is 35.5. The largest absolute Gasteiger partial charge is 0.444 e. The molecule has 6 heteroatoms. The van der Waals surface area contributed by atoms with E-state index < -0.39 is 11.7 Å². The maximum absolute atomic E-state index is 11.3. The summed E-state index contributed by atoms with van der Waals surface area (Å²) in [6, 6.07) is 1.52. The first kappa shape index (κ1) is 15.1. The minimum Gasteiger partial charge on any atom is -0.444 e. The number of nitrogens with zero attached hydrogens (tertiary/aromatic N) is 1. The number of ether oxygens (including phenoxy) is 1. The maximum Gasteiger partial charge on any atom is 0.408 e. The van der Waals surface area contributed by atoms with E-state index in [4.69, 9.17) is 22.1 Å². The Labute approximate surface area is 117 Å². The predicted molar refractivity (Wildman–Crippen MR) is 74.8 cm³/mol. The number of carbonyl (C=O) groups excluding carboxylic acids is 1. The molecule has 19 heavy (non-hydrogen) atoms. The van der Waals surface area contributed by atoms with E-state index in [0.717, 1.165) is 0 Å². The summed E-state index contributed by atoms with van der Waals surface area (Å²) in [5, 5.41) is 2.95. The lowest BCUT2D eigenvalue weighted by Crippen LogP contribution is -2.32. The molecule has 0 spiro atoms. The smallest absolute Gasteiger partial charge is 0.408 e. The van der Waals surface area contributed by atoms with Gasteiger partial charge in [-0.3, -0.25) is 0 Å². The molecule has 0 saturated heterocycles. The second-order valence-corrected chi connectivity index (χ2v) is 5.15. The summed E-state index contributed by atoms with van der Waals surface area (Å²) in [5.41, 5.74) is 5.49. The van der Waals surface area contributed by atoms with Gasteiger partial charge in [0.15, 0.2) is 0 Å². The van der Waals surface area contributed by atoms with Crippen LogP contribution in [-0.2, 0) is 4.74 Å². The number of carbonyl (C=O) groups is 1. The van der Waals surface area contributed by atoms with Gasteiger partial charge in [-0.1, -0.05) is 23.4 Å². The molecule has 0 radical (unpaired) electrons. The summed E-state index contributed by atoms with van der Waals surface area (Å²) in [5.74, 6) is 5.88. The minimum atomic E-state index is -0.526. The van der Waals surface area contributed by atoms with Gasteiger partial charge in [0.25, 0.3) is 0 Å². The van der Waals surface area contributed by atoms with Gasteiger partial charge >= 0.3 is 6.09 Å². The van der Waals surface area contributed by atoms with Crippen molar-refractivity contribution in [3.8, 4) is 11.8 Å². The highest BCUT2D eigenvalue weighted by Gasteiger charge is 2.14. The number of nitrogens with two attached hydrogens (primary N) is 1. The van der Waals surface area contributed by atoms with Crippen molar-refractivity contribution in [1.82, 2.24) is 10.3 Å². The van der Waals surface area contributed by atoms with Crippen molar-refractivity contribution < 1.29 is 9.53 Å². The molecule has 0 fully saturated rings. The molecule has 0 bridgehead atoms. The lowest BCUT2D eigenvalue weighted by atomic mass is 10.2. The van der Waals surface area contributed by atoms with E-state index in [9.17, 15) is 4.79 Å². The van der Waals surface area contributed by atoms with Crippen LogP contribution in [0.5, 0.6) is 0 Å². The Morgan fingerprint density at radius 1 is 1.58 bits per heavy atom. The zero-order valence-electron chi connectivity index (χ0n) is 11.1. The zero-order chi connectivity index (χ0) is 14.5. The quantitative estimate of drug-likeness (QED) is 0.774. The second-order valence-electron chi connectivity index (χ2n) is 4.75. The van der Waals surface area contributed by atoms with Crippen molar-refractivity contribution in [2.45, 2.75) is 26.4 Å². The van der Waals surface area contributed by atoms with Crippen LogP contribution in [-0.4, -0.2) is 23.2 Å². The Morgan fingerprint density at radius 2 is 2.26 bits per heavy atom. The molecule has 0 unspecified atom stereocenters. The standard InChI is InChI=1S/C13H16ClN3O2/c1-13(2,3)19-12(18)16-6-4-5-9-8-17-11(15)7-10(9)14/h7-8H,6H2,1-3H3,(H2,15,17)(H,16,18). The number of hydrogen-bond acceptors (Lipinski definition) is 4. The molecule has 102 valence electrons. The van der Waals surface area contributed by atoms with Gasteiger partial charge in [-0.25, -0.2) is 9.78 Å². The van der Waals surface area contributed by atoms with E-state index in [-0.39, 0.29) is 6.54 Å². The van der Waals surface area contributed by atoms with Crippen molar-refractivity contribution in [3.63, 3.8) is 0 Å². The number of nitrogen functional groups attached to an aromatic ring is 1. The normalized spacial score (nSPS) is 10.3. The van der Waals surface area contributed by atoms with Crippen LogP contribution in [0.4, 0.5) is 10.6 Å². The molecular weight excluding hydrogens is 266 g/mol. The number of alkyl carbamates (subject to hydrolysis) is 1. The monoisotopic (exact) mass is 281 g/mol. The fraction of sp³-hybridized carbons (Fsp3) is 0.385. The van der Waals surface area contributed by atoms with Crippen LogP contribution in [0.3, 0.4) is 0 Å². The summed E-state index contributed by atoms with van der Waals surface area (Å²) in [6.45, 7) is 5.53. The molecule has 0 aliphatic carbocycles. The zero-order valence-corrected chi connectivity index (χ0v) is 11.8. The van der Waals surface area contributed by atoms with Gasteiger partial charge in [0.2, 0.25) is 0 Å². The Bertz CT molecular complexity index is 527. The summed E-state index contributed by atoms with van der Waals surface area (Å²) in [4.78, 5) is 15.2. The van der Waals surface area contributed by atoms with Gasteiger partial charge in [0.05, 0.1) is 17.1 Å². The highest BCUT2D eigenvalue weighted by molar-refractivity contribution is 6.31. The molecular formula is C13H16ClN3O2. The Balaban J connectivity index is 2.50. The van der Waals surface area contributed by atoms with Crippen LogP contribution >= 0.6 is 11.6 Å². The molecule has 1 rings (SSSR count). The van der Waals surface area contributed by atoms with Crippen molar-refractivity contribution in [2.75, 3.05) is 12.3 Å². The van der Waals surface area contributed by atoms with Crippen LogP contribution in [0.1, 0.15) is 26.3 Å². The van der Waals surface area contributed by atoms with E-state index in [0.29, 0.717) is 16.4 Å². The van der Waals surface area contributed by atoms with Crippen LogP contribution in [0.2, 0.25) is 5.02 Å². The molecule has 5 nitrogen and oxygen atoms in total. The van der Waals surface area contributed by atoms with E-state index in [2.05, 4.69) is 22.1 Å². The summed E-state index contributed by atoms with van der Waals surface area (Å²) >= 11 is 5.92. The third-order valence-corrected chi connectivity index (χ3v) is 2.13. The fourth-order valence-corrected chi connectivity index (χ4v) is 1.32. The minimum absolute atomic E-state index is 0.162. The summed E-state index contributed by atoms with van der Waals surface area (Å²) < 4.78 is 5.06. The molecule has 0 aliphatic heterocycles. The molecule has 0 saturated carbocycles. The average Bonchev–Trinajstić information content (AvgIpc) is 2.24. The third-order valence-electron chi connectivity index (χ3n) is 1.82. The Morgan fingerprint density at radius 3 is 2.84 bits per heavy atom. The van der Waals surface area contributed by atoms with Gasteiger partial charge in [-0.2, -0.15) is 0 Å². The van der Waals surface area contributed by atoms with Crippen LogP contribution in [0.15, 0.2) is 12.3 Å². The lowest BCUT2D eigenvalue weighted by molar-refractivity contribution is 0.0535. The molecule has 3 N–H and O–H groups in total. The van der Waals surface area contributed by atoms with E-state index >= 15 is 0 Å². The van der Waals surface area contributed by atoms with Crippen molar-refractivity contribution in [2.24, 2.45) is 0 Å². The summed E-state index contributed by atoms with van der Waals surface area (Å²) in [6.07, 6.45) is 0.973. The molecule has 1 aromatic heterocycles. The van der Waals surface area contributed by atoms with Crippen LogP contribution in [0.25, 0.3) is 0 Å². The van der Waals surface area contributed by atoms with Gasteiger partial charge < -0.3 is 15.8 Å². The fourth-order valence-electron chi connectivity index (χ4n) is 1.11. The highest BCUT2D eigenvalue weighted by Crippen LogP contribution is 2.15. The predicted octanol–water partition coefficient (Wildman–Crippen LogP) is 2.19. The van der Waals surface area contributed by atoms with Crippen molar-refractivity contribution in [1.29, 1.82) is 0 Å². The summed E-state index contributed by atoms with van der Waals surface area (Å²) in [7, 11) is 0. The van der Waals surface area contributed by atoms with Gasteiger partial charge in [-0.05, 0) is 20.8 Å². The van der Waals surface area contributed by atoms with E-state index in [1.807, 2.05) is 0 Å². The Hall–Kier alpha value is -1.93. The first-order chi connectivity index (χ1) is 8.78. The number of pyridine rings is 1. The average molecular weight is 282 g/mol. The van der Waals surface area contributed by atoms with E-state index in [1.54, 1.807) is 20.8 Å². The topological polar surface area (TPSA) is 77.2 Å². The first-order valence-corrected chi connectivity index (χ1v) is 6.02. The van der Waals surface area contributed by atoms with Crippen molar-refractivity contribution in [3.05, 3.63) is 22.8 Å². The molecule has 1 heterocycles. The number of nitrogens with one attached hydrogen (secondary N) is 1. The van der Waals surface area contributed by atoms with Crippen molar-refractivity contribution >= 4 is 23.5 Å². The maximum atomic E-state index is 11.3. The van der Waals surface area contributed by atoms with Gasteiger partial charge in [0.1, 0.15) is 11.4 Å². The van der Waals surface area contributed by atoms with Crippen LogP contribution in [0, 0.1) is 11.8 Å². The number of hydrogen-bond donors (Lipinski definition) is 2. The molecule has 0 aliphatic rings. The molecule has 0 atom stereocenters. The Kier molecular flexibility index (Phi) is 5.02. The third kappa shape index (κ3) is 5.98. The molecule has 1 aromatic rings. The van der Waals surface area contributed by atoms with Gasteiger partial charge in [-0.15, -0.1) is 0 Å². The number of aromatic nitrogens is 1. The molecule has 1 amide bonds. The van der Waals surface area contributed by atoms with E-state index in [1.165, 1.54) is 12.3 Å². The number of halogens is 1. The SMILES string of the molecule is CC(C)(C)OC(=O)NCC#Cc1cnc(N)cc1Cl. The number of anilines is 1. The van der Waals surface area contributed by atoms with Crippen LogP contribution < -0.4 is 11.1 Å². The first-order valence-electron chi connectivity index (χ1n) is 5.64. The second kappa shape index (κ2) is 6.30.